The lowest BCUT2D eigenvalue weighted by Gasteiger charge is -2.35. The molecule has 0 radical (unpaired) electrons. The van der Waals surface area contributed by atoms with Gasteiger partial charge in [0.2, 0.25) is 5.91 Å². The fraction of sp³-hybridized carbons (Fsp3) is 0.412. The fourth-order valence-electron chi connectivity index (χ4n) is 3.27. The minimum absolute atomic E-state index is 0.0528. The number of carbonyl (C=O) groups excluding carboxylic acids is 1. The standard InChI is InChI=1S/C17H21N7O/c1-22-15(11-24-8-4-5-18-24)20-21-17(22)13-9-14(10-13)19-16(25)12-23-6-2-3-7-23/h2-8,13-14H,9-12H2,1H3,(H,19,25). The van der Waals surface area contributed by atoms with Crippen LogP contribution >= 0.6 is 0 Å². The van der Waals surface area contributed by atoms with Crippen LogP contribution in [0, 0.1) is 0 Å². The summed E-state index contributed by atoms with van der Waals surface area (Å²) in [6, 6.07) is 5.95. The summed E-state index contributed by atoms with van der Waals surface area (Å²) in [6.45, 7) is 0.979. The highest BCUT2D eigenvalue weighted by molar-refractivity contribution is 5.76. The van der Waals surface area contributed by atoms with Gasteiger partial charge in [-0.1, -0.05) is 0 Å². The quantitative estimate of drug-likeness (QED) is 0.724. The van der Waals surface area contributed by atoms with Crippen LogP contribution in [0.1, 0.15) is 30.4 Å². The van der Waals surface area contributed by atoms with Crippen LogP contribution in [-0.4, -0.2) is 41.1 Å². The van der Waals surface area contributed by atoms with Gasteiger partial charge in [-0.15, -0.1) is 10.2 Å². The van der Waals surface area contributed by atoms with E-state index in [0.717, 1.165) is 24.5 Å². The van der Waals surface area contributed by atoms with Crippen LogP contribution in [0.2, 0.25) is 0 Å². The molecule has 0 bridgehead atoms. The smallest absolute Gasteiger partial charge is 0.240 e. The van der Waals surface area contributed by atoms with Crippen molar-refractivity contribution >= 4 is 5.91 Å². The van der Waals surface area contributed by atoms with Crippen LogP contribution in [0.15, 0.2) is 43.0 Å². The van der Waals surface area contributed by atoms with Gasteiger partial charge in [0, 0.05) is 43.8 Å². The van der Waals surface area contributed by atoms with Crippen LogP contribution in [0.3, 0.4) is 0 Å². The Morgan fingerprint density at radius 1 is 1.20 bits per heavy atom. The first kappa shape index (κ1) is 15.6. The average molecular weight is 339 g/mol. The summed E-state index contributed by atoms with van der Waals surface area (Å²) in [5, 5.41) is 15.9. The number of hydrogen-bond donors (Lipinski definition) is 1. The molecule has 3 aromatic rings. The van der Waals surface area contributed by atoms with E-state index in [-0.39, 0.29) is 11.9 Å². The average Bonchev–Trinajstić information content (AvgIpc) is 3.29. The van der Waals surface area contributed by atoms with Gasteiger partial charge in [0.25, 0.3) is 0 Å². The van der Waals surface area contributed by atoms with E-state index in [4.69, 9.17) is 0 Å². The Morgan fingerprint density at radius 3 is 2.72 bits per heavy atom. The molecule has 0 aromatic carbocycles. The molecule has 1 aliphatic rings. The summed E-state index contributed by atoms with van der Waals surface area (Å²) < 4.78 is 5.75. The number of hydrogen-bond acceptors (Lipinski definition) is 4. The van der Waals surface area contributed by atoms with Gasteiger partial charge in [-0.25, -0.2) is 0 Å². The van der Waals surface area contributed by atoms with Gasteiger partial charge in [0.1, 0.15) is 18.9 Å². The molecule has 4 rings (SSSR count). The number of rotatable bonds is 6. The Hall–Kier alpha value is -2.90. The molecular weight excluding hydrogens is 318 g/mol. The molecule has 1 N–H and O–H groups in total. The molecule has 8 nitrogen and oxygen atoms in total. The van der Waals surface area contributed by atoms with Crippen molar-refractivity contribution in [3.05, 3.63) is 54.6 Å². The molecule has 1 aliphatic carbocycles. The van der Waals surface area contributed by atoms with Crippen LogP contribution in [0.4, 0.5) is 0 Å². The van der Waals surface area contributed by atoms with Gasteiger partial charge in [0.05, 0.1) is 0 Å². The minimum Gasteiger partial charge on any atom is -0.352 e. The van der Waals surface area contributed by atoms with Crippen molar-refractivity contribution in [2.24, 2.45) is 7.05 Å². The zero-order valence-corrected chi connectivity index (χ0v) is 14.1. The van der Waals surface area contributed by atoms with Gasteiger partial charge in [-0.2, -0.15) is 5.10 Å². The molecule has 8 heteroatoms. The first-order valence-corrected chi connectivity index (χ1v) is 8.45. The van der Waals surface area contributed by atoms with Crippen LogP contribution < -0.4 is 5.32 Å². The zero-order valence-electron chi connectivity index (χ0n) is 14.1. The molecule has 0 saturated heterocycles. The number of amides is 1. The van der Waals surface area contributed by atoms with Crippen molar-refractivity contribution in [1.29, 1.82) is 0 Å². The zero-order chi connectivity index (χ0) is 17.2. The van der Waals surface area contributed by atoms with Crippen LogP contribution in [0.5, 0.6) is 0 Å². The van der Waals surface area contributed by atoms with Crippen molar-refractivity contribution in [3.63, 3.8) is 0 Å². The normalized spacial score (nSPS) is 19.6. The number of nitrogens with one attached hydrogen (secondary N) is 1. The molecule has 0 atom stereocenters. The number of aromatic nitrogens is 6. The third kappa shape index (κ3) is 3.33. The summed E-state index contributed by atoms with van der Waals surface area (Å²) >= 11 is 0. The van der Waals surface area contributed by atoms with Gasteiger partial charge >= 0.3 is 0 Å². The molecule has 1 saturated carbocycles. The lowest BCUT2D eigenvalue weighted by molar-refractivity contribution is -0.123. The fourth-order valence-corrected chi connectivity index (χ4v) is 3.27. The predicted molar refractivity (Wildman–Crippen MR) is 90.7 cm³/mol. The van der Waals surface area contributed by atoms with E-state index in [0.29, 0.717) is 19.0 Å². The molecule has 3 heterocycles. The van der Waals surface area contributed by atoms with E-state index < -0.39 is 0 Å². The van der Waals surface area contributed by atoms with E-state index in [9.17, 15) is 4.79 Å². The topological polar surface area (TPSA) is 82.6 Å². The van der Waals surface area contributed by atoms with Gasteiger partial charge in [0.15, 0.2) is 5.82 Å². The largest absolute Gasteiger partial charge is 0.352 e. The van der Waals surface area contributed by atoms with Gasteiger partial charge in [-0.05, 0) is 31.0 Å². The van der Waals surface area contributed by atoms with E-state index in [1.807, 2.05) is 57.7 Å². The van der Waals surface area contributed by atoms with Crippen LogP contribution in [0.25, 0.3) is 0 Å². The molecule has 1 amide bonds. The lowest BCUT2D eigenvalue weighted by Crippen LogP contribution is -2.45. The Balaban J connectivity index is 1.30. The molecule has 0 spiro atoms. The summed E-state index contributed by atoms with van der Waals surface area (Å²) in [5.41, 5.74) is 0. The van der Waals surface area contributed by atoms with E-state index >= 15 is 0 Å². The summed E-state index contributed by atoms with van der Waals surface area (Å²) in [6.07, 6.45) is 9.27. The monoisotopic (exact) mass is 339 g/mol. The molecular formula is C17H21N7O. The Bertz CT molecular complexity index is 829. The molecule has 3 aromatic heterocycles. The molecule has 25 heavy (non-hydrogen) atoms. The second-order valence-corrected chi connectivity index (χ2v) is 6.53. The first-order valence-electron chi connectivity index (χ1n) is 8.45. The number of carbonyl (C=O) groups is 1. The Kier molecular flexibility index (Phi) is 4.09. The lowest BCUT2D eigenvalue weighted by atomic mass is 9.79. The summed E-state index contributed by atoms with van der Waals surface area (Å²) in [5.74, 6) is 2.27. The molecule has 0 unspecified atom stereocenters. The molecule has 1 fully saturated rings. The van der Waals surface area contributed by atoms with Crippen molar-refractivity contribution in [1.82, 2.24) is 34.4 Å². The highest BCUT2D eigenvalue weighted by Crippen LogP contribution is 2.35. The maximum absolute atomic E-state index is 12.0. The minimum atomic E-state index is 0.0528. The third-order valence-corrected chi connectivity index (χ3v) is 4.72. The second kappa shape index (κ2) is 6.54. The Morgan fingerprint density at radius 2 is 2.00 bits per heavy atom. The van der Waals surface area contributed by atoms with Crippen molar-refractivity contribution in [3.8, 4) is 0 Å². The molecule has 130 valence electrons. The second-order valence-electron chi connectivity index (χ2n) is 6.53. The highest BCUT2D eigenvalue weighted by Gasteiger charge is 2.34. The highest BCUT2D eigenvalue weighted by atomic mass is 16.2. The third-order valence-electron chi connectivity index (χ3n) is 4.72. The first-order chi connectivity index (χ1) is 12.2. The molecule has 0 aliphatic heterocycles. The van der Waals surface area contributed by atoms with Gasteiger partial charge < -0.3 is 14.5 Å². The predicted octanol–water partition coefficient (Wildman–Crippen LogP) is 0.924. The van der Waals surface area contributed by atoms with E-state index in [1.165, 1.54) is 0 Å². The van der Waals surface area contributed by atoms with Crippen molar-refractivity contribution < 1.29 is 4.79 Å². The number of nitrogens with zero attached hydrogens (tertiary/aromatic N) is 6. The maximum atomic E-state index is 12.0. The summed E-state index contributed by atoms with van der Waals surface area (Å²) in [7, 11) is 1.99. The van der Waals surface area contributed by atoms with Crippen molar-refractivity contribution in [2.75, 3.05) is 0 Å². The SMILES string of the molecule is Cn1c(Cn2cccn2)nnc1C1CC(NC(=O)Cn2cccc2)C1. The Labute approximate surface area is 145 Å². The van der Waals surface area contributed by atoms with E-state index in [2.05, 4.69) is 20.6 Å². The van der Waals surface area contributed by atoms with Crippen LogP contribution in [-0.2, 0) is 24.9 Å². The maximum Gasteiger partial charge on any atom is 0.240 e. The van der Waals surface area contributed by atoms with E-state index in [1.54, 1.807) is 6.20 Å². The van der Waals surface area contributed by atoms with Crippen molar-refractivity contribution in [2.45, 2.75) is 37.9 Å². The summed E-state index contributed by atoms with van der Waals surface area (Å²) in [4.78, 5) is 12.0. The van der Waals surface area contributed by atoms with Gasteiger partial charge in [-0.3, -0.25) is 9.48 Å².